The minimum Gasteiger partial charge on any atom is -0.507 e. The van der Waals surface area contributed by atoms with Crippen LogP contribution < -0.4 is 0 Å². The van der Waals surface area contributed by atoms with Gasteiger partial charge in [-0.25, -0.2) is 0 Å². The maximum absolute atomic E-state index is 10.5. The van der Waals surface area contributed by atoms with Crippen LogP contribution in [0.3, 0.4) is 0 Å². The Balaban J connectivity index is 2.82. The molecule has 0 saturated heterocycles. The van der Waals surface area contributed by atoms with E-state index in [0.717, 1.165) is 11.6 Å². The van der Waals surface area contributed by atoms with E-state index >= 15 is 0 Å². The third-order valence-corrected chi connectivity index (χ3v) is 2.72. The highest BCUT2D eigenvalue weighted by atomic mass is 28.3. The Bertz CT molecular complexity index is 413. The van der Waals surface area contributed by atoms with Crippen molar-refractivity contribution in [3.63, 3.8) is 0 Å². The second-order valence-electron chi connectivity index (χ2n) is 3.58. The van der Waals surface area contributed by atoms with E-state index in [4.69, 9.17) is 0 Å². The Morgan fingerprint density at radius 1 is 1.47 bits per heavy atom. The van der Waals surface area contributed by atoms with E-state index in [9.17, 15) is 9.90 Å². The molecule has 0 aliphatic rings. The minimum absolute atomic E-state index is 0.00433. The fraction of sp³-hybridized carbons (Fsp3) is 0.250. The summed E-state index contributed by atoms with van der Waals surface area (Å²) in [6.45, 7) is 4.40. The highest BCUT2D eigenvalue weighted by Gasteiger charge is 1.99. The van der Waals surface area contributed by atoms with Gasteiger partial charge in [0.15, 0.2) is 6.29 Å². The zero-order chi connectivity index (χ0) is 11.3. The standard InChI is InChI=1S/C12H13O2Si/c1-15(2)7-3-4-10-5-6-11(9-13)12(14)8-10/h5-6,8-9,14H,7H2,1-2H3. The maximum Gasteiger partial charge on any atom is 0.153 e. The van der Waals surface area contributed by atoms with Gasteiger partial charge in [-0.15, -0.1) is 5.92 Å². The molecule has 0 saturated carbocycles. The largest absolute Gasteiger partial charge is 0.507 e. The molecule has 0 spiro atoms. The van der Waals surface area contributed by atoms with Crippen molar-refractivity contribution in [3.8, 4) is 17.6 Å². The first-order valence-electron chi connectivity index (χ1n) is 4.69. The summed E-state index contributed by atoms with van der Waals surface area (Å²) in [7, 11) is -0.319. The molecule has 1 rings (SSSR count). The quantitative estimate of drug-likeness (QED) is 0.469. The third-order valence-electron chi connectivity index (χ3n) is 1.83. The molecule has 0 atom stereocenters. The van der Waals surface area contributed by atoms with Crippen LogP contribution in [0.15, 0.2) is 18.2 Å². The number of rotatable bonds is 2. The Morgan fingerprint density at radius 3 is 2.73 bits per heavy atom. The molecular formula is C12H13O2Si. The lowest BCUT2D eigenvalue weighted by molar-refractivity contribution is 0.112. The fourth-order valence-electron chi connectivity index (χ4n) is 1.04. The molecule has 15 heavy (non-hydrogen) atoms. The third kappa shape index (κ3) is 3.60. The zero-order valence-electron chi connectivity index (χ0n) is 8.87. The Morgan fingerprint density at radius 2 is 2.20 bits per heavy atom. The van der Waals surface area contributed by atoms with Crippen LogP contribution in [0.5, 0.6) is 5.75 Å². The van der Waals surface area contributed by atoms with Crippen LogP contribution in [0.1, 0.15) is 15.9 Å². The number of carbonyl (C=O) groups is 1. The van der Waals surface area contributed by atoms with Crippen molar-refractivity contribution in [2.24, 2.45) is 0 Å². The summed E-state index contributed by atoms with van der Waals surface area (Å²) in [5.41, 5.74) is 1.05. The molecule has 1 aromatic rings. The fourth-order valence-corrected chi connectivity index (χ4v) is 1.49. The van der Waals surface area contributed by atoms with Crippen LogP contribution >= 0.6 is 0 Å². The number of aromatic hydroxyl groups is 1. The van der Waals surface area contributed by atoms with Gasteiger partial charge in [-0.05, 0) is 18.2 Å². The van der Waals surface area contributed by atoms with Gasteiger partial charge in [0.25, 0.3) is 0 Å². The highest BCUT2D eigenvalue weighted by Crippen LogP contribution is 2.16. The lowest BCUT2D eigenvalue weighted by Gasteiger charge is -1.97. The second kappa shape index (κ2) is 5.37. The summed E-state index contributed by atoms with van der Waals surface area (Å²) in [6, 6.07) is 5.78. The predicted molar refractivity (Wildman–Crippen MR) is 62.7 cm³/mol. The molecule has 3 heteroatoms. The Hall–Kier alpha value is -1.53. The van der Waals surface area contributed by atoms with Crippen LogP contribution in [0.25, 0.3) is 0 Å². The van der Waals surface area contributed by atoms with Crippen LogP contribution in [0.4, 0.5) is 0 Å². The molecule has 0 aromatic heterocycles. The summed E-state index contributed by atoms with van der Waals surface area (Å²) in [5.74, 6) is 6.02. The molecule has 0 amide bonds. The molecule has 0 aliphatic heterocycles. The number of phenols is 1. The SMILES string of the molecule is C[Si](C)CC#Cc1ccc(C=O)c(O)c1. The molecule has 0 unspecified atom stereocenters. The smallest absolute Gasteiger partial charge is 0.153 e. The van der Waals surface area contributed by atoms with Crippen molar-refractivity contribution in [3.05, 3.63) is 29.3 Å². The van der Waals surface area contributed by atoms with Crippen molar-refractivity contribution in [2.75, 3.05) is 0 Å². The van der Waals surface area contributed by atoms with Gasteiger partial charge in [0.05, 0.1) is 14.4 Å². The van der Waals surface area contributed by atoms with Gasteiger partial charge >= 0.3 is 0 Å². The first-order valence-corrected chi connectivity index (χ1v) is 7.40. The van der Waals surface area contributed by atoms with E-state index in [0.29, 0.717) is 11.8 Å². The average molecular weight is 217 g/mol. The van der Waals surface area contributed by atoms with Gasteiger partial charge in [-0.2, -0.15) is 0 Å². The summed E-state index contributed by atoms with van der Waals surface area (Å²) < 4.78 is 0. The van der Waals surface area contributed by atoms with Gasteiger partial charge in [0, 0.05) is 11.6 Å². The van der Waals surface area contributed by atoms with Gasteiger partial charge in [0.2, 0.25) is 0 Å². The number of phenolic OH excluding ortho intramolecular Hbond substituents is 1. The molecular weight excluding hydrogens is 204 g/mol. The predicted octanol–water partition coefficient (Wildman–Crippen LogP) is 2.31. The van der Waals surface area contributed by atoms with Gasteiger partial charge in [0.1, 0.15) is 5.75 Å². The average Bonchev–Trinajstić information content (AvgIpc) is 2.17. The molecule has 77 valence electrons. The van der Waals surface area contributed by atoms with E-state index in [1.54, 1.807) is 12.1 Å². The number of carbonyl (C=O) groups excluding carboxylic acids is 1. The van der Waals surface area contributed by atoms with E-state index in [-0.39, 0.29) is 14.5 Å². The van der Waals surface area contributed by atoms with E-state index in [1.807, 2.05) is 0 Å². The van der Waals surface area contributed by atoms with Crippen molar-refractivity contribution in [2.45, 2.75) is 19.1 Å². The minimum atomic E-state index is -0.319. The first-order chi connectivity index (χ1) is 7.13. The van der Waals surface area contributed by atoms with E-state index in [1.165, 1.54) is 6.07 Å². The van der Waals surface area contributed by atoms with Crippen molar-refractivity contribution in [1.29, 1.82) is 0 Å². The van der Waals surface area contributed by atoms with Gasteiger partial charge < -0.3 is 5.11 Å². The first kappa shape index (κ1) is 11.5. The zero-order valence-corrected chi connectivity index (χ0v) is 9.87. The van der Waals surface area contributed by atoms with Crippen molar-refractivity contribution in [1.82, 2.24) is 0 Å². The summed E-state index contributed by atoms with van der Waals surface area (Å²) in [6.07, 6.45) is 0.631. The molecule has 1 radical (unpaired) electrons. The summed E-state index contributed by atoms with van der Waals surface area (Å²) in [5, 5.41) is 9.41. The Labute approximate surface area is 91.6 Å². The van der Waals surface area contributed by atoms with E-state index < -0.39 is 0 Å². The number of hydrogen-bond acceptors (Lipinski definition) is 2. The van der Waals surface area contributed by atoms with Gasteiger partial charge in [-0.3, -0.25) is 4.79 Å². The molecule has 1 aromatic carbocycles. The van der Waals surface area contributed by atoms with Crippen LogP contribution in [-0.2, 0) is 0 Å². The Kier molecular flexibility index (Phi) is 4.13. The van der Waals surface area contributed by atoms with Crippen LogP contribution in [0, 0.1) is 11.8 Å². The normalized spacial score (nSPS) is 9.53. The highest BCUT2D eigenvalue weighted by molar-refractivity contribution is 6.56. The van der Waals surface area contributed by atoms with Crippen LogP contribution in [-0.4, -0.2) is 20.2 Å². The molecule has 0 bridgehead atoms. The molecule has 0 fully saturated rings. The van der Waals surface area contributed by atoms with E-state index in [2.05, 4.69) is 24.9 Å². The number of hydrogen-bond donors (Lipinski definition) is 1. The lowest BCUT2D eigenvalue weighted by atomic mass is 10.1. The molecule has 0 aliphatic carbocycles. The van der Waals surface area contributed by atoms with Crippen molar-refractivity contribution >= 4 is 15.1 Å². The van der Waals surface area contributed by atoms with Crippen LogP contribution in [0.2, 0.25) is 19.1 Å². The van der Waals surface area contributed by atoms with Gasteiger partial charge in [-0.1, -0.05) is 19.0 Å². The summed E-state index contributed by atoms with van der Waals surface area (Å²) in [4.78, 5) is 10.5. The second-order valence-corrected chi connectivity index (χ2v) is 6.34. The lowest BCUT2D eigenvalue weighted by Crippen LogP contribution is -1.95. The molecule has 2 nitrogen and oxygen atoms in total. The van der Waals surface area contributed by atoms with Crippen molar-refractivity contribution < 1.29 is 9.90 Å². The molecule has 0 heterocycles. The number of aldehydes is 1. The molecule has 1 N–H and O–H groups in total. The maximum atomic E-state index is 10.5. The topological polar surface area (TPSA) is 37.3 Å². The monoisotopic (exact) mass is 217 g/mol. The summed E-state index contributed by atoms with van der Waals surface area (Å²) >= 11 is 0. The number of benzene rings is 1.